The molecular formula is C39H34N4O5S. The molecule has 9 nitrogen and oxygen atoms in total. The lowest BCUT2D eigenvalue weighted by atomic mass is 10.1. The van der Waals surface area contributed by atoms with Gasteiger partial charge in [0.1, 0.15) is 10.9 Å². The highest BCUT2D eigenvalue weighted by Crippen LogP contribution is 2.39. The van der Waals surface area contributed by atoms with Gasteiger partial charge in [-0.05, 0) is 71.8 Å². The number of anilines is 3. The number of carbonyl (C=O) groups excluding carboxylic acids is 3. The van der Waals surface area contributed by atoms with Crippen molar-refractivity contribution in [3.63, 3.8) is 0 Å². The number of hydrogen-bond donors (Lipinski definition) is 3. The van der Waals surface area contributed by atoms with Crippen molar-refractivity contribution in [3.8, 4) is 11.5 Å². The molecule has 5 aromatic carbocycles. The van der Waals surface area contributed by atoms with Gasteiger partial charge in [0.25, 0.3) is 11.8 Å². The molecule has 3 N–H and O–H groups in total. The summed E-state index contributed by atoms with van der Waals surface area (Å²) in [7, 11) is 3.90. The number of carbonyl (C=O) groups is 3. The molecule has 10 heteroatoms. The Kier molecular flexibility index (Phi) is 10.3. The molecule has 5 aromatic rings. The molecule has 6 rings (SSSR count). The molecule has 0 saturated heterocycles. The van der Waals surface area contributed by atoms with Crippen LogP contribution in [0.4, 0.5) is 17.1 Å². The lowest BCUT2D eigenvalue weighted by Crippen LogP contribution is -2.30. The SMILES string of the molecule is CN(C)c1ccc(/C=C(/NC(=O)c2ccccc2)C(=O)Nc2cccc(SC(C(=O)Nc3ccc4c(c3)OCO4)c3ccccc3)c2)cc1. The monoisotopic (exact) mass is 670 g/mol. The van der Waals surface area contributed by atoms with Crippen LogP contribution in [-0.4, -0.2) is 38.6 Å². The predicted octanol–water partition coefficient (Wildman–Crippen LogP) is 7.36. The third-order valence-corrected chi connectivity index (χ3v) is 8.82. The average molecular weight is 671 g/mol. The molecule has 0 spiro atoms. The predicted molar refractivity (Wildman–Crippen MR) is 194 cm³/mol. The van der Waals surface area contributed by atoms with E-state index >= 15 is 0 Å². The van der Waals surface area contributed by atoms with Crippen molar-refractivity contribution in [1.82, 2.24) is 5.32 Å². The average Bonchev–Trinajstić information content (AvgIpc) is 3.59. The van der Waals surface area contributed by atoms with Crippen LogP contribution in [-0.2, 0) is 9.59 Å². The minimum atomic E-state index is -0.608. The van der Waals surface area contributed by atoms with Gasteiger partial charge in [0.2, 0.25) is 12.7 Å². The number of fused-ring (bicyclic) bond motifs is 1. The molecule has 1 unspecified atom stereocenters. The van der Waals surface area contributed by atoms with Gasteiger partial charge in [0.05, 0.1) is 0 Å². The van der Waals surface area contributed by atoms with Crippen LogP contribution in [0.3, 0.4) is 0 Å². The zero-order valence-corrected chi connectivity index (χ0v) is 27.7. The summed E-state index contributed by atoms with van der Waals surface area (Å²) in [4.78, 5) is 43.3. The van der Waals surface area contributed by atoms with E-state index in [1.807, 2.05) is 91.8 Å². The minimum absolute atomic E-state index is 0.0785. The summed E-state index contributed by atoms with van der Waals surface area (Å²) in [6.45, 7) is 0.142. The van der Waals surface area contributed by atoms with Crippen molar-refractivity contribution in [3.05, 3.63) is 150 Å². The summed E-state index contributed by atoms with van der Waals surface area (Å²) in [6, 6.07) is 38.3. The van der Waals surface area contributed by atoms with E-state index in [1.54, 1.807) is 60.7 Å². The Morgan fingerprint density at radius 2 is 1.43 bits per heavy atom. The van der Waals surface area contributed by atoms with E-state index < -0.39 is 17.1 Å². The van der Waals surface area contributed by atoms with E-state index in [0.29, 0.717) is 28.4 Å². The van der Waals surface area contributed by atoms with E-state index in [0.717, 1.165) is 21.7 Å². The molecule has 1 aliphatic rings. The summed E-state index contributed by atoms with van der Waals surface area (Å²) < 4.78 is 10.9. The Morgan fingerprint density at radius 1 is 0.735 bits per heavy atom. The molecule has 0 aliphatic carbocycles. The number of ether oxygens (including phenoxy) is 2. The van der Waals surface area contributed by atoms with Crippen LogP contribution in [0.1, 0.15) is 26.7 Å². The highest BCUT2D eigenvalue weighted by Gasteiger charge is 2.24. The highest BCUT2D eigenvalue weighted by molar-refractivity contribution is 8.00. The molecule has 1 atom stereocenters. The van der Waals surface area contributed by atoms with Gasteiger partial charge in [0.15, 0.2) is 11.5 Å². The van der Waals surface area contributed by atoms with Gasteiger partial charge in [0, 0.05) is 47.7 Å². The van der Waals surface area contributed by atoms with Gasteiger partial charge >= 0.3 is 0 Å². The quantitative estimate of drug-likeness (QED) is 0.0995. The van der Waals surface area contributed by atoms with Crippen LogP contribution >= 0.6 is 11.8 Å². The van der Waals surface area contributed by atoms with Gasteiger partial charge in [-0.3, -0.25) is 14.4 Å². The molecular weight excluding hydrogens is 637 g/mol. The van der Waals surface area contributed by atoms with Crippen LogP contribution in [0.25, 0.3) is 6.08 Å². The summed E-state index contributed by atoms with van der Waals surface area (Å²) >= 11 is 1.35. The van der Waals surface area contributed by atoms with Crippen LogP contribution in [0.2, 0.25) is 0 Å². The lowest BCUT2D eigenvalue weighted by Gasteiger charge is -2.18. The Bertz CT molecular complexity index is 1980. The Labute approximate surface area is 288 Å². The fourth-order valence-electron chi connectivity index (χ4n) is 5.04. The molecule has 1 aliphatic heterocycles. The second-order valence-electron chi connectivity index (χ2n) is 11.3. The van der Waals surface area contributed by atoms with Crippen LogP contribution in [0, 0.1) is 0 Å². The molecule has 49 heavy (non-hydrogen) atoms. The van der Waals surface area contributed by atoms with Crippen molar-refractivity contribution in [2.45, 2.75) is 10.1 Å². The summed E-state index contributed by atoms with van der Waals surface area (Å²) in [5.41, 5.74) is 4.15. The molecule has 0 fully saturated rings. The van der Waals surface area contributed by atoms with Crippen LogP contribution in [0.5, 0.6) is 11.5 Å². The lowest BCUT2D eigenvalue weighted by molar-refractivity contribution is -0.116. The van der Waals surface area contributed by atoms with Gasteiger partial charge < -0.3 is 30.3 Å². The molecule has 0 bridgehead atoms. The van der Waals surface area contributed by atoms with E-state index in [1.165, 1.54) is 11.8 Å². The standard InChI is InChI=1S/C39H34N4O5S/c1-43(2)31-19-16-26(17-20-31)22-33(42-37(44)28-12-7-4-8-13-28)38(45)40-29-14-9-15-32(23-29)49-36(27-10-5-3-6-11-27)39(46)41-30-18-21-34-35(24-30)48-25-47-34/h3-24,36H,25H2,1-2H3,(H,40,45)(H,41,46)(H,42,44)/b33-22+. The van der Waals surface area contributed by atoms with E-state index in [2.05, 4.69) is 16.0 Å². The number of nitrogens with one attached hydrogen (secondary N) is 3. The van der Waals surface area contributed by atoms with E-state index in [4.69, 9.17) is 9.47 Å². The first-order chi connectivity index (χ1) is 23.8. The van der Waals surface area contributed by atoms with Crippen molar-refractivity contribution >= 4 is 52.6 Å². The maximum Gasteiger partial charge on any atom is 0.272 e. The number of thioether (sulfide) groups is 1. The summed E-state index contributed by atoms with van der Waals surface area (Å²) in [6.07, 6.45) is 1.64. The Morgan fingerprint density at radius 3 is 2.16 bits per heavy atom. The Hall–Kier alpha value is -6.00. The summed E-state index contributed by atoms with van der Waals surface area (Å²) in [5.74, 6) is 0.0760. The second-order valence-corrected chi connectivity index (χ2v) is 12.5. The number of nitrogens with zero attached hydrogens (tertiary/aromatic N) is 1. The number of rotatable bonds is 11. The third kappa shape index (κ3) is 8.48. The molecule has 0 radical (unpaired) electrons. The van der Waals surface area contributed by atoms with Crippen molar-refractivity contribution in [2.24, 2.45) is 0 Å². The zero-order chi connectivity index (χ0) is 34.2. The van der Waals surface area contributed by atoms with E-state index in [-0.39, 0.29) is 18.4 Å². The largest absolute Gasteiger partial charge is 0.454 e. The maximum absolute atomic E-state index is 13.7. The van der Waals surface area contributed by atoms with Gasteiger partial charge in [-0.15, -0.1) is 11.8 Å². The Balaban J connectivity index is 1.22. The molecule has 246 valence electrons. The topological polar surface area (TPSA) is 109 Å². The molecule has 1 heterocycles. The summed E-state index contributed by atoms with van der Waals surface area (Å²) in [5, 5.41) is 8.10. The first-order valence-corrected chi connectivity index (χ1v) is 16.4. The number of amides is 3. The second kappa shape index (κ2) is 15.3. The van der Waals surface area contributed by atoms with Crippen LogP contribution in [0.15, 0.2) is 138 Å². The fraction of sp³-hybridized carbons (Fsp3) is 0.103. The van der Waals surface area contributed by atoms with Crippen LogP contribution < -0.4 is 30.3 Å². The third-order valence-electron chi connectivity index (χ3n) is 7.58. The first-order valence-electron chi connectivity index (χ1n) is 15.5. The smallest absolute Gasteiger partial charge is 0.272 e. The van der Waals surface area contributed by atoms with Crippen molar-refractivity contribution in [2.75, 3.05) is 36.4 Å². The van der Waals surface area contributed by atoms with E-state index in [9.17, 15) is 14.4 Å². The maximum atomic E-state index is 13.7. The molecule has 0 aromatic heterocycles. The zero-order valence-electron chi connectivity index (χ0n) is 26.9. The normalized spacial score (nSPS) is 12.5. The molecule has 3 amide bonds. The van der Waals surface area contributed by atoms with Crippen molar-refractivity contribution in [1.29, 1.82) is 0 Å². The number of benzene rings is 5. The minimum Gasteiger partial charge on any atom is -0.454 e. The fourth-order valence-corrected chi connectivity index (χ4v) is 6.13. The highest BCUT2D eigenvalue weighted by atomic mass is 32.2. The number of hydrogen-bond acceptors (Lipinski definition) is 7. The van der Waals surface area contributed by atoms with Crippen molar-refractivity contribution < 1.29 is 23.9 Å². The van der Waals surface area contributed by atoms with Gasteiger partial charge in [-0.1, -0.05) is 66.7 Å². The first kappa shape index (κ1) is 32.9. The molecule has 0 saturated carbocycles. The van der Waals surface area contributed by atoms with Gasteiger partial charge in [-0.25, -0.2) is 0 Å². The van der Waals surface area contributed by atoms with Gasteiger partial charge in [-0.2, -0.15) is 0 Å².